The molecule has 0 bridgehead atoms. The van der Waals surface area contributed by atoms with E-state index in [0.29, 0.717) is 6.04 Å². The molecule has 1 aliphatic heterocycles. The number of ether oxygens (including phenoxy) is 1. The summed E-state index contributed by atoms with van der Waals surface area (Å²) < 4.78 is 5.72. The molecule has 2 N–H and O–H groups in total. The van der Waals surface area contributed by atoms with Gasteiger partial charge < -0.3 is 15.4 Å². The van der Waals surface area contributed by atoms with E-state index in [1.807, 2.05) is 19.3 Å². The number of hydrogen-bond acceptors (Lipinski definition) is 4. The average Bonchev–Trinajstić information content (AvgIpc) is 2.80. The molecule has 1 aromatic rings. The average molecular weight is 221 g/mol. The lowest BCUT2D eigenvalue weighted by atomic mass is 10.2. The predicted octanol–water partition coefficient (Wildman–Crippen LogP) is 0.932. The fourth-order valence-electron chi connectivity index (χ4n) is 1.94. The Morgan fingerprint density at radius 3 is 3.25 bits per heavy atom. The molecular formula is C12H19N3O. The molecule has 0 spiro atoms. The number of hydrogen-bond donors (Lipinski definition) is 2. The van der Waals surface area contributed by atoms with Crippen molar-refractivity contribution in [1.29, 1.82) is 0 Å². The van der Waals surface area contributed by atoms with E-state index in [4.69, 9.17) is 4.74 Å². The quantitative estimate of drug-likeness (QED) is 0.776. The van der Waals surface area contributed by atoms with Gasteiger partial charge in [0, 0.05) is 18.8 Å². The lowest BCUT2D eigenvalue weighted by Crippen LogP contribution is -2.28. The molecule has 16 heavy (non-hydrogen) atoms. The van der Waals surface area contributed by atoms with Gasteiger partial charge in [-0.2, -0.15) is 0 Å². The monoisotopic (exact) mass is 221 g/mol. The second-order valence-corrected chi connectivity index (χ2v) is 4.16. The molecule has 0 aromatic carbocycles. The minimum Gasteiger partial charge on any atom is -0.490 e. The van der Waals surface area contributed by atoms with Gasteiger partial charge in [-0.3, -0.25) is 4.98 Å². The third-order valence-electron chi connectivity index (χ3n) is 2.76. The van der Waals surface area contributed by atoms with Crippen LogP contribution in [0.25, 0.3) is 0 Å². The van der Waals surface area contributed by atoms with Crippen molar-refractivity contribution in [2.24, 2.45) is 0 Å². The van der Waals surface area contributed by atoms with Gasteiger partial charge in [-0.15, -0.1) is 0 Å². The Kier molecular flexibility index (Phi) is 4.13. The van der Waals surface area contributed by atoms with Crippen molar-refractivity contribution in [3.05, 3.63) is 24.0 Å². The molecule has 1 saturated heterocycles. The standard InChI is InChI=1S/C12H19N3O/c1-13-6-10-5-12(8-14-7-10)16-9-11-3-2-4-15-11/h5,7-8,11,13,15H,2-4,6,9H2,1H3. The summed E-state index contributed by atoms with van der Waals surface area (Å²) in [6, 6.07) is 2.55. The Morgan fingerprint density at radius 2 is 2.50 bits per heavy atom. The number of rotatable bonds is 5. The maximum Gasteiger partial charge on any atom is 0.137 e. The van der Waals surface area contributed by atoms with Crippen LogP contribution in [0.15, 0.2) is 18.5 Å². The van der Waals surface area contributed by atoms with E-state index in [9.17, 15) is 0 Å². The topological polar surface area (TPSA) is 46.2 Å². The zero-order chi connectivity index (χ0) is 11.2. The van der Waals surface area contributed by atoms with Gasteiger partial charge in [-0.1, -0.05) is 0 Å². The van der Waals surface area contributed by atoms with Gasteiger partial charge in [0.1, 0.15) is 12.4 Å². The second-order valence-electron chi connectivity index (χ2n) is 4.16. The highest BCUT2D eigenvalue weighted by atomic mass is 16.5. The van der Waals surface area contributed by atoms with Crippen LogP contribution in [0.4, 0.5) is 0 Å². The van der Waals surface area contributed by atoms with Crippen molar-refractivity contribution < 1.29 is 4.74 Å². The van der Waals surface area contributed by atoms with Crippen molar-refractivity contribution in [1.82, 2.24) is 15.6 Å². The normalized spacial score (nSPS) is 19.9. The number of pyridine rings is 1. The minimum atomic E-state index is 0.507. The first-order valence-corrected chi connectivity index (χ1v) is 5.83. The van der Waals surface area contributed by atoms with Crippen molar-refractivity contribution in [3.63, 3.8) is 0 Å². The fraction of sp³-hybridized carbons (Fsp3) is 0.583. The van der Waals surface area contributed by atoms with E-state index in [-0.39, 0.29) is 0 Å². The maximum atomic E-state index is 5.72. The third kappa shape index (κ3) is 3.18. The van der Waals surface area contributed by atoms with Crippen molar-refractivity contribution in [2.45, 2.75) is 25.4 Å². The maximum absolute atomic E-state index is 5.72. The van der Waals surface area contributed by atoms with Gasteiger partial charge in [0.05, 0.1) is 6.20 Å². The third-order valence-corrected chi connectivity index (χ3v) is 2.76. The van der Waals surface area contributed by atoms with Crippen LogP contribution in [0.2, 0.25) is 0 Å². The second kappa shape index (κ2) is 5.82. The van der Waals surface area contributed by atoms with Crippen LogP contribution in [0.3, 0.4) is 0 Å². The Balaban J connectivity index is 1.85. The number of nitrogens with one attached hydrogen (secondary N) is 2. The molecule has 1 unspecified atom stereocenters. The lowest BCUT2D eigenvalue weighted by molar-refractivity contribution is 0.276. The van der Waals surface area contributed by atoms with Crippen molar-refractivity contribution >= 4 is 0 Å². The molecule has 1 atom stereocenters. The molecule has 1 fully saturated rings. The molecular weight excluding hydrogens is 202 g/mol. The number of nitrogens with zero attached hydrogens (tertiary/aromatic N) is 1. The smallest absolute Gasteiger partial charge is 0.137 e. The first kappa shape index (κ1) is 11.4. The van der Waals surface area contributed by atoms with E-state index in [2.05, 4.69) is 15.6 Å². The van der Waals surface area contributed by atoms with E-state index >= 15 is 0 Å². The van der Waals surface area contributed by atoms with E-state index < -0.39 is 0 Å². The molecule has 1 aliphatic rings. The number of aromatic nitrogens is 1. The van der Waals surface area contributed by atoms with Crippen LogP contribution in [-0.4, -0.2) is 31.2 Å². The highest BCUT2D eigenvalue weighted by Crippen LogP contribution is 2.13. The Hall–Kier alpha value is -1.13. The van der Waals surface area contributed by atoms with Crippen LogP contribution in [-0.2, 0) is 6.54 Å². The summed E-state index contributed by atoms with van der Waals surface area (Å²) >= 11 is 0. The van der Waals surface area contributed by atoms with E-state index in [0.717, 1.165) is 31.0 Å². The molecule has 1 aromatic heterocycles. The van der Waals surface area contributed by atoms with Crippen molar-refractivity contribution in [3.8, 4) is 5.75 Å². The van der Waals surface area contributed by atoms with Crippen LogP contribution in [0.1, 0.15) is 18.4 Å². The summed E-state index contributed by atoms with van der Waals surface area (Å²) in [5, 5.41) is 6.51. The summed E-state index contributed by atoms with van der Waals surface area (Å²) in [6.45, 7) is 2.68. The Labute approximate surface area is 96.4 Å². The molecule has 88 valence electrons. The zero-order valence-electron chi connectivity index (χ0n) is 9.70. The fourth-order valence-corrected chi connectivity index (χ4v) is 1.94. The minimum absolute atomic E-state index is 0.507. The highest BCUT2D eigenvalue weighted by Gasteiger charge is 2.14. The van der Waals surface area contributed by atoms with E-state index in [1.54, 1.807) is 6.20 Å². The van der Waals surface area contributed by atoms with Crippen LogP contribution < -0.4 is 15.4 Å². The van der Waals surface area contributed by atoms with Gasteiger partial charge in [-0.05, 0) is 38.1 Å². The Morgan fingerprint density at radius 1 is 1.56 bits per heavy atom. The molecule has 2 heterocycles. The highest BCUT2D eigenvalue weighted by molar-refractivity contribution is 5.23. The van der Waals surface area contributed by atoms with Gasteiger partial charge >= 0.3 is 0 Å². The van der Waals surface area contributed by atoms with Gasteiger partial charge in [0.25, 0.3) is 0 Å². The SMILES string of the molecule is CNCc1cncc(OCC2CCCN2)c1. The summed E-state index contributed by atoms with van der Waals surface area (Å²) in [4.78, 5) is 4.16. The largest absolute Gasteiger partial charge is 0.490 e. The Bertz CT molecular complexity index is 324. The summed E-state index contributed by atoms with van der Waals surface area (Å²) in [5.41, 5.74) is 1.15. The van der Waals surface area contributed by atoms with Crippen LogP contribution in [0, 0.1) is 0 Å². The summed E-state index contributed by atoms with van der Waals surface area (Å²) in [7, 11) is 1.93. The first-order chi connectivity index (χ1) is 7.88. The molecule has 0 amide bonds. The predicted molar refractivity (Wildman–Crippen MR) is 63.5 cm³/mol. The molecule has 0 saturated carbocycles. The molecule has 2 rings (SSSR count). The van der Waals surface area contributed by atoms with Gasteiger partial charge in [0.15, 0.2) is 0 Å². The van der Waals surface area contributed by atoms with E-state index in [1.165, 1.54) is 12.8 Å². The van der Waals surface area contributed by atoms with Crippen LogP contribution >= 0.6 is 0 Å². The zero-order valence-corrected chi connectivity index (χ0v) is 9.70. The summed E-state index contributed by atoms with van der Waals surface area (Å²) in [6.07, 6.45) is 6.10. The van der Waals surface area contributed by atoms with Gasteiger partial charge in [0.2, 0.25) is 0 Å². The first-order valence-electron chi connectivity index (χ1n) is 5.83. The molecule has 4 heteroatoms. The molecule has 0 radical (unpaired) electrons. The van der Waals surface area contributed by atoms with Crippen molar-refractivity contribution in [2.75, 3.05) is 20.2 Å². The lowest BCUT2D eigenvalue weighted by Gasteiger charge is -2.12. The molecule has 0 aliphatic carbocycles. The summed E-state index contributed by atoms with van der Waals surface area (Å²) in [5.74, 6) is 0.862. The molecule has 4 nitrogen and oxygen atoms in total. The van der Waals surface area contributed by atoms with Gasteiger partial charge in [-0.25, -0.2) is 0 Å². The van der Waals surface area contributed by atoms with Crippen LogP contribution in [0.5, 0.6) is 5.75 Å².